The highest BCUT2D eigenvalue weighted by Crippen LogP contribution is 2.39. The number of pyridine rings is 3. The van der Waals surface area contributed by atoms with E-state index in [9.17, 15) is 18.0 Å². The van der Waals surface area contributed by atoms with Crippen LogP contribution < -0.4 is 21.0 Å². The fourth-order valence-electron chi connectivity index (χ4n) is 4.77. The van der Waals surface area contributed by atoms with Crippen LogP contribution in [0.5, 0.6) is 5.75 Å². The second-order valence-corrected chi connectivity index (χ2v) is 9.50. The third-order valence-electron chi connectivity index (χ3n) is 6.80. The van der Waals surface area contributed by atoms with Crippen LogP contribution in [0.4, 0.5) is 30.4 Å². The zero-order valence-corrected chi connectivity index (χ0v) is 22.4. The van der Waals surface area contributed by atoms with E-state index in [1.807, 2.05) is 23.6 Å². The van der Waals surface area contributed by atoms with Crippen molar-refractivity contribution in [2.45, 2.75) is 19.6 Å². The van der Waals surface area contributed by atoms with Gasteiger partial charge in [-0.15, -0.1) is 0 Å². The molecule has 13 heteroatoms. The summed E-state index contributed by atoms with van der Waals surface area (Å²) in [6.45, 7) is 3.27. The number of nitrogens with one attached hydrogen (secondary N) is 2. The normalized spacial score (nSPS) is 13.1. The van der Waals surface area contributed by atoms with Gasteiger partial charge < -0.3 is 19.9 Å². The number of fused-ring (bicyclic) bond motifs is 3. The lowest BCUT2D eigenvalue weighted by molar-refractivity contribution is -0.137. The second kappa shape index (κ2) is 10.6. The summed E-state index contributed by atoms with van der Waals surface area (Å²) in [6, 6.07) is 10.5. The first kappa shape index (κ1) is 26.9. The first-order valence-corrected chi connectivity index (χ1v) is 12.8. The minimum absolute atomic E-state index is 0.257. The number of anilines is 2. The van der Waals surface area contributed by atoms with Crippen molar-refractivity contribution in [3.05, 3.63) is 89.7 Å². The summed E-state index contributed by atoms with van der Waals surface area (Å²) in [5.74, 6) is 1.32. The van der Waals surface area contributed by atoms with Crippen LogP contribution in [0, 0.1) is 6.92 Å². The van der Waals surface area contributed by atoms with Crippen molar-refractivity contribution < 1.29 is 22.7 Å². The van der Waals surface area contributed by atoms with Crippen LogP contribution in [0.2, 0.25) is 0 Å². The highest BCUT2D eigenvalue weighted by Gasteiger charge is 2.31. The Bertz CT molecular complexity index is 1870. The van der Waals surface area contributed by atoms with Crippen LogP contribution >= 0.6 is 0 Å². The van der Waals surface area contributed by atoms with Crippen LogP contribution in [0.3, 0.4) is 0 Å². The lowest BCUT2D eigenvalue weighted by Gasteiger charge is -2.19. The number of methoxy groups -OCH3 is 1. The van der Waals surface area contributed by atoms with E-state index in [0.29, 0.717) is 36.0 Å². The quantitative estimate of drug-likeness (QED) is 0.301. The molecule has 6 rings (SSSR count). The lowest BCUT2D eigenvalue weighted by Crippen LogP contribution is -2.17. The Morgan fingerprint density at radius 1 is 1.07 bits per heavy atom. The molecule has 3 aliphatic rings. The van der Waals surface area contributed by atoms with E-state index in [1.54, 1.807) is 43.9 Å². The Labute approximate surface area is 237 Å². The summed E-state index contributed by atoms with van der Waals surface area (Å²) in [6.07, 6.45) is 1.26. The molecule has 0 spiro atoms. The minimum Gasteiger partial charge on any atom is -0.494 e. The predicted molar refractivity (Wildman–Crippen MR) is 149 cm³/mol. The molecule has 42 heavy (non-hydrogen) atoms. The van der Waals surface area contributed by atoms with Gasteiger partial charge in [0, 0.05) is 54.6 Å². The van der Waals surface area contributed by atoms with Gasteiger partial charge in [-0.1, -0.05) is 6.07 Å². The van der Waals surface area contributed by atoms with Crippen molar-refractivity contribution in [3.63, 3.8) is 0 Å². The molecule has 1 amide bonds. The third-order valence-corrected chi connectivity index (χ3v) is 6.80. The highest BCUT2D eigenvalue weighted by atomic mass is 19.4. The molecule has 2 N–H and O–H groups in total. The summed E-state index contributed by atoms with van der Waals surface area (Å²) in [5.41, 5.74) is 3.27. The van der Waals surface area contributed by atoms with Crippen molar-refractivity contribution in [1.29, 1.82) is 0 Å². The number of rotatable bonds is 5. The maximum atomic E-state index is 13.1. The number of amides is 1. The van der Waals surface area contributed by atoms with E-state index in [2.05, 4.69) is 30.6 Å². The van der Waals surface area contributed by atoms with Crippen LogP contribution in [-0.2, 0) is 12.7 Å². The van der Waals surface area contributed by atoms with Gasteiger partial charge in [0.15, 0.2) is 0 Å². The highest BCUT2D eigenvalue weighted by molar-refractivity contribution is 6.03. The Balaban J connectivity index is 1.38. The monoisotopic (exact) mass is 572 g/mol. The van der Waals surface area contributed by atoms with Gasteiger partial charge in [0.25, 0.3) is 11.5 Å². The molecule has 10 nitrogen and oxygen atoms in total. The van der Waals surface area contributed by atoms with Crippen molar-refractivity contribution in [3.8, 4) is 28.3 Å². The minimum atomic E-state index is -4.58. The van der Waals surface area contributed by atoms with Crippen LogP contribution in [-0.4, -0.2) is 44.1 Å². The molecular weight excluding hydrogens is 549 g/mol. The Hall–Kier alpha value is -5.33. The number of ether oxygens (including phenoxy) is 1. The number of aryl methyl sites for hydroxylation is 1. The molecule has 3 aliphatic heterocycles. The fraction of sp³-hybridized carbons (Fsp3) is 0.172. The van der Waals surface area contributed by atoms with Crippen LogP contribution in [0.1, 0.15) is 21.6 Å². The van der Waals surface area contributed by atoms with E-state index >= 15 is 0 Å². The molecule has 0 aliphatic carbocycles. The van der Waals surface area contributed by atoms with E-state index in [0.717, 1.165) is 46.4 Å². The summed E-state index contributed by atoms with van der Waals surface area (Å²) in [4.78, 5) is 34.4. The zero-order chi connectivity index (χ0) is 29.4. The van der Waals surface area contributed by atoms with Crippen molar-refractivity contribution >= 4 is 23.1 Å². The van der Waals surface area contributed by atoms with E-state index < -0.39 is 17.6 Å². The van der Waals surface area contributed by atoms with E-state index in [1.165, 1.54) is 0 Å². The van der Waals surface area contributed by atoms with Crippen LogP contribution in [0.25, 0.3) is 22.5 Å². The van der Waals surface area contributed by atoms with Gasteiger partial charge in [-0.2, -0.15) is 18.2 Å². The van der Waals surface area contributed by atoms with E-state index in [-0.39, 0.29) is 11.3 Å². The summed E-state index contributed by atoms with van der Waals surface area (Å²) in [7, 11) is 1.55. The smallest absolute Gasteiger partial charge is 0.416 e. The maximum Gasteiger partial charge on any atom is 0.416 e. The number of hydrogen-bond donors (Lipinski definition) is 2. The molecule has 0 atom stereocenters. The number of halogens is 3. The number of carbonyl (C=O) groups excluding carboxylic acids is 1. The zero-order valence-electron chi connectivity index (χ0n) is 22.4. The second-order valence-electron chi connectivity index (χ2n) is 9.50. The van der Waals surface area contributed by atoms with Gasteiger partial charge in [0.1, 0.15) is 28.8 Å². The summed E-state index contributed by atoms with van der Waals surface area (Å²) >= 11 is 0. The summed E-state index contributed by atoms with van der Waals surface area (Å²) < 4.78 is 46.8. The van der Waals surface area contributed by atoms with Crippen molar-refractivity contribution in [2.24, 2.45) is 4.99 Å². The summed E-state index contributed by atoms with van der Waals surface area (Å²) in [5, 5.41) is 6.09. The average molecular weight is 573 g/mol. The van der Waals surface area contributed by atoms with Crippen molar-refractivity contribution in [1.82, 2.24) is 24.5 Å². The molecule has 0 radical (unpaired) electrons. The Kier molecular flexibility index (Phi) is 6.77. The first-order valence-electron chi connectivity index (χ1n) is 12.8. The first-order chi connectivity index (χ1) is 20.2. The number of aromatic nitrogens is 5. The number of alkyl halides is 3. The molecule has 1 aromatic carbocycles. The molecule has 5 heterocycles. The lowest BCUT2D eigenvalue weighted by atomic mass is 9.98. The molecule has 3 aromatic rings. The van der Waals surface area contributed by atoms with Crippen molar-refractivity contribution in [2.75, 3.05) is 24.3 Å². The molecule has 212 valence electrons. The van der Waals surface area contributed by atoms with Gasteiger partial charge in [0.2, 0.25) is 0 Å². The number of carbonyl (C=O) groups is 1. The Morgan fingerprint density at radius 2 is 1.93 bits per heavy atom. The number of hydrogen-bond acceptors (Lipinski definition) is 8. The predicted octanol–water partition coefficient (Wildman–Crippen LogP) is 5.09. The van der Waals surface area contributed by atoms with Gasteiger partial charge in [-0.05, 0) is 48.4 Å². The van der Waals surface area contributed by atoms with Crippen LogP contribution in [0.15, 0.2) is 72.2 Å². The van der Waals surface area contributed by atoms with Gasteiger partial charge >= 0.3 is 6.18 Å². The van der Waals surface area contributed by atoms with Gasteiger partial charge in [-0.25, -0.2) is 9.98 Å². The average Bonchev–Trinajstić information content (AvgIpc) is 3.48. The molecule has 0 bridgehead atoms. The van der Waals surface area contributed by atoms with Gasteiger partial charge in [-0.3, -0.25) is 14.8 Å². The van der Waals surface area contributed by atoms with E-state index in [4.69, 9.17) is 9.72 Å². The molecule has 2 aromatic heterocycles. The van der Waals surface area contributed by atoms with Gasteiger partial charge in [0.05, 0.1) is 18.9 Å². The number of nitrogens with zero attached hydrogens (tertiary/aromatic N) is 6. The molecule has 0 fully saturated rings. The SMILES string of the molecule is COc1ccncc1N=c1ncc2cc(-c3cc(NC(=O)c4cc(C(F)(F)F)ccn4)ccc3C)c3n(c-2n1)CCN3. The fourth-order valence-corrected chi connectivity index (χ4v) is 4.77. The topological polar surface area (TPSA) is 119 Å². The molecule has 0 unspecified atom stereocenters. The molecule has 0 saturated carbocycles. The largest absolute Gasteiger partial charge is 0.494 e. The number of benzene rings is 1. The standard InChI is InChI=1S/C29H23F3N8O2/c1-16-3-4-19(37-27(41)22-12-18(5-8-34-22)29(30,31)32)13-20(16)21-11-17-14-36-28(38-23-15-33-7-6-24(23)42-2)39-25(17)40-10-9-35-26(21)40/h3-8,11-15,35H,9-10H2,1-2H3,(H,37,41). The Morgan fingerprint density at radius 3 is 2.74 bits per heavy atom. The molecule has 0 saturated heterocycles. The molecular formula is C29H23F3N8O2. The third kappa shape index (κ3) is 5.11. The maximum absolute atomic E-state index is 13.1.